The van der Waals surface area contributed by atoms with Crippen LogP contribution in [-0.4, -0.2) is 44.7 Å². The largest absolute Gasteiger partial charge is 0.383 e. The van der Waals surface area contributed by atoms with E-state index in [-0.39, 0.29) is 42.5 Å². The molecule has 0 saturated carbocycles. The van der Waals surface area contributed by atoms with E-state index < -0.39 is 0 Å². The number of guanidine groups is 1. The zero-order valence-corrected chi connectivity index (χ0v) is 16.0. The summed E-state index contributed by atoms with van der Waals surface area (Å²) in [4.78, 5) is 15.4. The van der Waals surface area contributed by atoms with Crippen molar-refractivity contribution in [1.82, 2.24) is 10.6 Å². The van der Waals surface area contributed by atoms with Gasteiger partial charge in [-0.1, -0.05) is 26.7 Å². The molecule has 0 aromatic carbocycles. The molecule has 0 radical (unpaired) electrons. The number of rotatable bonds is 10. The van der Waals surface area contributed by atoms with Gasteiger partial charge in [0.2, 0.25) is 5.91 Å². The van der Waals surface area contributed by atoms with Gasteiger partial charge in [-0.25, -0.2) is 4.99 Å². The van der Waals surface area contributed by atoms with Crippen molar-refractivity contribution in [3.8, 4) is 0 Å². The number of carbonyl (C=O) groups excluding carboxylic acids is 1. The van der Waals surface area contributed by atoms with Gasteiger partial charge in [0.15, 0.2) is 5.96 Å². The molecule has 1 atom stereocenters. The van der Waals surface area contributed by atoms with Crippen molar-refractivity contribution in [3.63, 3.8) is 0 Å². The molecule has 7 heteroatoms. The monoisotopic (exact) mass is 414 g/mol. The Bertz CT molecular complexity index is 299. The van der Waals surface area contributed by atoms with Crippen molar-refractivity contribution in [3.05, 3.63) is 0 Å². The Balaban J connectivity index is 0. The predicted octanol–water partition coefficient (Wildman–Crippen LogP) is 1.49. The highest BCUT2D eigenvalue weighted by atomic mass is 127. The minimum absolute atomic E-state index is 0. The number of halogens is 1. The van der Waals surface area contributed by atoms with Crippen LogP contribution in [0, 0.1) is 5.92 Å². The van der Waals surface area contributed by atoms with Gasteiger partial charge < -0.3 is 21.1 Å². The van der Waals surface area contributed by atoms with E-state index >= 15 is 0 Å². The maximum Gasteiger partial charge on any atom is 0.241 e. The van der Waals surface area contributed by atoms with E-state index in [4.69, 9.17) is 10.5 Å². The number of amides is 1. The van der Waals surface area contributed by atoms with Crippen molar-refractivity contribution in [2.75, 3.05) is 26.8 Å². The van der Waals surface area contributed by atoms with Gasteiger partial charge in [0.05, 0.1) is 6.61 Å². The minimum atomic E-state index is -0.153. The molecular formula is C14H31IN4O2. The highest BCUT2D eigenvalue weighted by molar-refractivity contribution is 14.0. The third-order valence-electron chi connectivity index (χ3n) is 2.83. The number of ether oxygens (including phenoxy) is 1. The summed E-state index contributed by atoms with van der Waals surface area (Å²) >= 11 is 0. The van der Waals surface area contributed by atoms with Crippen LogP contribution in [0.3, 0.4) is 0 Å². The molecule has 0 aromatic heterocycles. The highest BCUT2D eigenvalue weighted by Gasteiger charge is 2.04. The zero-order valence-electron chi connectivity index (χ0n) is 13.6. The van der Waals surface area contributed by atoms with Crippen LogP contribution in [0.15, 0.2) is 4.99 Å². The summed E-state index contributed by atoms with van der Waals surface area (Å²) in [5.74, 6) is 0.896. The van der Waals surface area contributed by atoms with Crippen LogP contribution in [0.1, 0.15) is 40.0 Å². The number of hydrogen-bond donors (Lipinski definition) is 3. The van der Waals surface area contributed by atoms with Gasteiger partial charge in [-0.3, -0.25) is 4.79 Å². The average molecular weight is 414 g/mol. The van der Waals surface area contributed by atoms with E-state index in [2.05, 4.69) is 36.4 Å². The Labute approximate surface area is 145 Å². The number of hydrogen-bond acceptors (Lipinski definition) is 3. The minimum Gasteiger partial charge on any atom is -0.383 e. The van der Waals surface area contributed by atoms with Crippen LogP contribution in [0.25, 0.3) is 0 Å². The normalized spacial score (nSPS) is 12.7. The topological polar surface area (TPSA) is 88.7 Å². The van der Waals surface area contributed by atoms with Crippen LogP contribution >= 0.6 is 24.0 Å². The summed E-state index contributed by atoms with van der Waals surface area (Å²) in [6.07, 6.45) is 3.43. The first kappa shape index (κ1) is 22.7. The van der Waals surface area contributed by atoms with Crippen molar-refractivity contribution < 1.29 is 9.53 Å². The van der Waals surface area contributed by atoms with Crippen molar-refractivity contribution in [2.45, 2.75) is 46.1 Å². The molecule has 0 fully saturated rings. The molecule has 1 amide bonds. The van der Waals surface area contributed by atoms with Gasteiger partial charge in [-0.15, -0.1) is 24.0 Å². The van der Waals surface area contributed by atoms with Crippen LogP contribution in [0.4, 0.5) is 0 Å². The zero-order chi connectivity index (χ0) is 15.4. The summed E-state index contributed by atoms with van der Waals surface area (Å²) < 4.78 is 4.84. The molecular weight excluding hydrogens is 383 g/mol. The summed E-state index contributed by atoms with van der Waals surface area (Å²) in [6, 6.07) is 0.272. The fraction of sp³-hybridized carbons (Fsp3) is 0.857. The van der Waals surface area contributed by atoms with Crippen molar-refractivity contribution >= 4 is 35.8 Å². The van der Waals surface area contributed by atoms with Crippen LogP contribution in [0.5, 0.6) is 0 Å². The fourth-order valence-electron chi connectivity index (χ4n) is 1.71. The Kier molecular flexibility index (Phi) is 15.5. The average Bonchev–Trinajstić information content (AvgIpc) is 2.36. The molecule has 6 nitrogen and oxygen atoms in total. The molecule has 1 unspecified atom stereocenters. The Hall–Kier alpha value is -0.570. The van der Waals surface area contributed by atoms with Crippen LogP contribution in [0.2, 0.25) is 0 Å². The summed E-state index contributed by atoms with van der Waals surface area (Å²) in [5.41, 5.74) is 5.74. The molecule has 0 saturated heterocycles. The van der Waals surface area contributed by atoms with Gasteiger partial charge >= 0.3 is 0 Å². The standard InChI is InChI=1S/C14H30N4O2.HI/c1-11(2)6-5-7-12(3)18-14(15)17-10-13(19)16-8-9-20-4;/h11-12H,5-10H2,1-4H3,(H,16,19)(H3,15,17,18);1H. The number of aliphatic imine (C=N–C) groups is 1. The predicted molar refractivity (Wildman–Crippen MR) is 98.1 cm³/mol. The summed E-state index contributed by atoms with van der Waals surface area (Å²) in [6.45, 7) is 7.54. The highest BCUT2D eigenvalue weighted by Crippen LogP contribution is 2.07. The molecule has 0 spiro atoms. The number of nitrogens with two attached hydrogens (primary N) is 1. The first-order chi connectivity index (χ1) is 9.45. The van der Waals surface area contributed by atoms with E-state index in [1.807, 2.05) is 0 Å². The molecule has 0 heterocycles. The molecule has 0 aliphatic carbocycles. The first-order valence-corrected chi connectivity index (χ1v) is 7.27. The maximum absolute atomic E-state index is 11.4. The van der Waals surface area contributed by atoms with Gasteiger partial charge in [0.1, 0.15) is 6.54 Å². The lowest BCUT2D eigenvalue weighted by Gasteiger charge is -2.15. The third-order valence-corrected chi connectivity index (χ3v) is 2.83. The van der Waals surface area contributed by atoms with Crippen LogP contribution in [-0.2, 0) is 9.53 Å². The summed E-state index contributed by atoms with van der Waals surface area (Å²) in [5, 5.41) is 5.78. The van der Waals surface area contributed by atoms with E-state index in [1.165, 1.54) is 6.42 Å². The molecule has 0 rings (SSSR count). The van der Waals surface area contributed by atoms with E-state index in [9.17, 15) is 4.79 Å². The van der Waals surface area contributed by atoms with Gasteiger partial charge in [0, 0.05) is 19.7 Å². The van der Waals surface area contributed by atoms with E-state index in [0.29, 0.717) is 19.1 Å². The number of nitrogens with one attached hydrogen (secondary N) is 2. The van der Waals surface area contributed by atoms with Crippen molar-refractivity contribution in [1.29, 1.82) is 0 Å². The number of carbonyl (C=O) groups is 1. The second-order valence-corrected chi connectivity index (χ2v) is 5.41. The second kappa shape index (κ2) is 14.4. The van der Waals surface area contributed by atoms with Gasteiger partial charge in [-0.05, 0) is 19.3 Å². The van der Waals surface area contributed by atoms with Gasteiger partial charge in [0.25, 0.3) is 0 Å². The molecule has 0 bridgehead atoms. The van der Waals surface area contributed by atoms with E-state index in [1.54, 1.807) is 7.11 Å². The van der Waals surface area contributed by atoms with Gasteiger partial charge in [-0.2, -0.15) is 0 Å². The van der Waals surface area contributed by atoms with E-state index in [0.717, 1.165) is 18.8 Å². The SMILES string of the molecule is COCCNC(=O)CN=C(N)NC(C)CCCC(C)C.I. The number of nitrogens with zero attached hydrogens (tertiary/aromatic N) is 1. The lowest BCUT2D eigenvalue weighted by Crippen LogP contribution is -2.39. The Morgan fingerprint density at radius 1 is 1.29 bits per heavy atom. The molecule has 0 aliphatic rings. The lowest BCUT2D eigenvalue weighted by molar-refractivity contribution is -0.119. The number of methoxy groups -OCH3 is 1. The fourth-order valence-corrected chi connectivity index (χ4v) is 1.71. The molecule has 126 valence electrons. The second-order valence-electron chi connectivity index (χ2n) is 5.41. The third kappa shape index (κ3) is 15.6. The maximum atomic E-state index is 11.4. The molecule has 21 heavy (non-hydrogen) atoms. The molecule has 0 aliphatic heterocycles. The Morgan fingerprint density at radius 2 is 1.95 bits per heavy atom. The van der Waals surface area contributed by atoms with Crippen molar-refractivity contribution in [2.24, 2.45) is 16.6 Å². The first-order valence-electron chi connectivity index (χ1n) is 7.27. The van der Waals surface area contributed by atoms with Crippen LogP contribution < -0.4 is 16.4 Å². The smallest absolute Gasteiger partial charge is 0.241 e. The Morgan fingerprint density at radius 3 is 2.52 bits per heavy atom. The summed E-state index contributed by atoms with van der Waals surface area (Å²) in [7, 11) is 1.59. The molecule has 4 N–H and O–H groups in total. The quantitative estimate of drug-likeness (QED) is 0.219. The molecule has 0 aromatic rings. The lowest BCUT2D eigenvalue weighted by atomic mass is 10.0.